The molecule has 0 aliphatic carbocycles. The number of hydrogen-bond donors (Lipinski definition) is 1. The predicted octanol–water partition coefficient (Wildman–Crippen LogP) is 1.23. The lowest BCUT2D eigenvalue weighted by atomic mass is 9.87. The van der Waals surface area contributed by atoms with E-state index in [2.05, 4.69) is 5.32 Å². The highest BCUT2D eigenvalue weighted by Gasteiger charge is 2.24. The van der Waals surface area contributed by atoms with Crippen LogP contribution >= 0.6 is 0 Å². The van der Waals surface area contributed by atoms with Crippen LogP contribution in [-0.4, -0.2) is 32.6 Å². The lowest BCUT2D eigenvalue weighted by molar-refractivity contribution is -0.127. The minimum Gasteiger partial charge on any atom is -0.385 e. The van der Waals surface area contributed by atoms with Gasteiger partial charge in [-0.2, -0.15) is 0 Å². The molecule has 1 saturated heterocycles. The zero-order valence-corrected chi connectivity index (χ0v) is 9.21. The molecular formula is C11H21NO2. The molecule has 1 aliphatic heterocycles. The highest BCUT2D eigenvalue weighted by atomic mass is 16.5. The molecular weight excluding hydrogens is 178 g/mol. The van der Waals surface area contributed by atoms with Crippen LogP contribution in [0, 0.1) is 11.8 Å². The fourth-order valence-corrected chi connectivity index (χ4v) is 1.93. The summed E-state index contributed by atoms with van der Waals surface area (Å²) in [4.78, 5) is 11.9. The Balaban J connectivity index is 2.30. The van der Waals surface area contributed by atoms with Crippen molar-refractivity contribution in [2.75, 3.05) is 26.8 Å². The maximum atomic E-state index is 11.9. The van der Waals surface area contributed by atoms with Gasteiger partial charge in [0.1, 0.15) is 5.78 Å². The molecule has 0 aromatic rings. The first-order valence-corrected chi connectivity index (χ1v) is 5.49. The van der Waals surface area contributed by atoms with Crippen molar-refractivity contribution in [2.45, 2.75) is 26.2 Å². The number of methoxy groups -OCH3 is 1. The summed E-state index contributed by atoms with van der Waals surface area (Å²) in [6, 6.07) is 0. The van der Waals surface area contributed by atoms with Gasteiger partial charge in [-0.3, -0.25) is 4.79 Å². The van der Waals surface area contributed by atoms with Crippen LogP contribution in [0.15, 0.2) is 0 Å². The Bertz CT molecular complexity index is 176. The molecule has 0 spiro atoms. The molecule has 2 unspecified atom stereocenters. The van der Waals surface area contributed by atoms with Gasteiger partial charge < -0.3 is 10.1 Å². The smallest absolute Gasteiger partial charge is 0.140 e. The van der Waals surface area contributed by atoms with Gasteiger partial charge in [-0.25, -0.2) is 0 Å². The van der Waals surface area contributed by atoms with E-state index in [1.165, 1.54) is 0 Å². The third-order valence-electron chi connectivity index (χ3n) is 2.94. The number of nitrogens with one attached hydrogen (secondary N) is 1. The van der Waals surface area contributed by atoms with Crippen LogP contribution in [0.1, 0.15) is 26.2 Å². The lowest BCUT2D eigenvalue weighted by Gasteiger charge is -2.24. The quantitative estimate of drug-likeness (QED) is 0.723. The highest BCUT2D eigenvalue weighted by molar-refractivity contribution is 5.83. The molecule has 1 rings (SSSR count). The van der Waals surface area contributed by atoms with Crippen LogP contribution in [0.5, 0.6) is 0 Å². The van der Waals surface area contributed by atoms with E-state index >= 15 is 0 Å². The van der Waals surface area contributed by atoms with Crippen LogP contribution in [-0.2, 0) is 9.53 Å². The van der Waals surface area contributed by atoms with Gasteiger partial charge in [0.05, 0.1) is 0 Å². The maximum absolute atomic E-state index is 11.9. The van der Waals surface area contributed by atoms with Crippen molar-refractivity contribution in [3.63, 3.8) is 0 Å². The van der Waals surface area contributed by atoms with Crippen molar-refractivity contribution >= 4 is 5.78 Å². The monoisotopic (exact) mass is 199 g/mol. The number of ether oxygens (including phenoxy) is 1. The molecule has 0 bridgehead atoms. The fraction of sp³-hybridized carbons (Fsp3) is 0.909. The molecule has 1 fully saturated rings. The van der Waals surface area contributed by atoms with E-state index in [1.54, 1.807) is 7.11 Å². The minimum atomic E-state index is 0.153. The Hall–Kier alpha value is -0.410. The van der Waals surface area contributed by atoms with Crippen LogP contribution in [0.4, 0.5) is 0 Å². The number of carbonyl (C=O) groups excluding carboxylic acids is 1. The third kappa shape index (κ3) is 3.39. The lowest BCUT2D eigenvalue weighted by Crippen LogP contribution is -2.36. The Kier molecular flexibility index (Phi) is 5.12. The largest absolute Gasteiger partial charge is 0.385 e. The standard InChI is InChI=1S/C11H21NO2/c1-9(5-7-14-2)11(13)10-4-3-6-12-8-10/h9-10,12H,3-8H2,1-2H3. The van der Waals surface area contributed by atoms with Gasteiger partial charge in [0.2, 0.25) is 0 Å². The van der Waals surface area contributed by atoms with Crippen LogP contribution in [0.2, 0.25) is 0 Å². The second kappa shape index (κ2) is 6.14. The van der Waals surface area contributed by atoms with Crippen molar-refractivity contribution in [2.24, 2.45) is 11.8 Å². The van der Waals surface area contributed by atoms with Gasteiger partial charge in [-0.1, -0.05) is 6.92 Å². The van der Waals surface area contributed by atoms with Crippen LogP contribution in [0.25, 0.3) is 0 Å². The Labute approximate surface area is 86.2 Å². The molecule has 3 heteroatoms. The van der Waals surface area contributed by atoms with E-state index in [4.69, 9.17) is 4.74 Å². The molecule has 1 aliphatic rings. The van der Waals surface area contributed by atoms with E-state index in [0.717, 1.165) is 32.4 Å². The molecule has 1 heterocycles. The van der Waals surface area contributed by atoms with Gasteiger partial charge in [0, 0.05) is 32.1 Å². The Morgan fingerprint density at radius 2 is 2.43 bits per heavy atom. The summed E-state index contributed by atoms with van der Waals surface area (Å²) in [6.45, 7) is 4.63. The van der Waals surface area contributed by atoms with Crippen molar-refractivity contribution < 1.29 is 9.53 Å². The topological polar surface area (TPSA) is 38.3 Å². The van der Waals surface area contributed by atoms with Crippen LogP contribution in [0.3, 0.4) is 0 Å². The first-order chi connectivity index (χ1) is 6.75. The zero-order valence-electron chi connectivity index (χ0n) is 9.21. The van der Waals surface area contributed by atoms with Gasteiger partial charge in [0.25, 0.3) is 0 Å². The van der Waals surface area contributed by atoms with E-state index in [0.29, 0.717) is 12.4 Å². The van der Waals surface area contributed by atoms with Gasteiger partial charge in [-0.05, 0) is 25.8 Å². The summed E-state index contributed by atoms with van der Waals surface area (Å²) in [5, 5.41) is 3.27. The maximum Gasteiger partial charge on any atom is 0.140 e. The molecule has 82 valence electrons. The number of ketones is 1. The summed E-state index contributed by atoms with van der Waals surface area (Å²) < 4.78 is 4.98. The number of rotatable bonds is 5. The summed E-state index contributed by atoms with van der Waals surface area (Å²) in [5.74, 6) is 0.810. The first-order valence-electron chi connectivity index (χ1n) is 5.49. The second-order valence-corrected chi connectivity index (χ2v) is 4.13. The van der Waals surface area contributed by atoms with E-state index in [1.807, 2.05) is 6.92 Å². The summed E-state index contributed by atoms with van der Waals surface area (Å²) in [7, 11) is 1.68. The molecule has 0 aromatic carbocycles. The van der Waals surface area contributed by atoms with Crippen molar-refractivity contribution in [3.8, 4) is 0 Å². The number of carbonyl (C=O) groups is 1. The Morgan fingerprint density at radius 1 is 1.64 bits per heavy atom. The second-order valence-electron chi connectivity index (χ2n) is 4.13. The molecule has 0 radical (unpaired) electrons. The molecule has 14 heavy (non-hydrogen) atoms. The average Bonchev–Trinajstić information content (AvgIpc) is 2.26. The van der Waals surface area contributed by atoms with Crippen molar-refractivity contribution in [1.82, 2.24) is 5.32 Å². The highest BCUT2D eigenvalue weighted by Crippen LogP contribution is 2.17. The van der Waals surface area contributed by atoms with E-state index in [9.17, 15) is 4.79 Å². The van der Waals surface area contributed by atoms with E-state index in [-0.39, 0.29) is 11.8 Å². The van der Waals surface area contributed by atoms with Gasteiger partial charge in [-0.15, -0.1) is 0 Å². The molecule has 2 atom stereocenters. The predicted molar refractivity (Wildman–Crippen MR) is 56.3 cm³/mol. The zero-order chi connectivity index (χ0) is 10.4. The van der Waals surface area contributed by atoms with Gasteiger partial charge in [0.15, 0.2) is 0 Å². The fourth-order valence-electron chi connectivity index (χ4n) is 1.93. The van der Waals surface area contributed by atoms with Crippen LogP contribution < -0.4 is 5.32 Å². The molecule has 1 N–H and O–H groups in total. The van der Waals surface area contributed by atoms with E-state index < -0.39 is 0 Å². The molecule has 0 saturated carbocycles. The molecule has 3 nitrogen and oxygen atoms in total. The number of hydrogen-bond acceptors (Lipinski definition) is 3. The number of piperidine rings is 1. The average molecular weight is 199 g/mol. The molecule has 0 aromatic heterocycles. The normalized spacial score (nSPS) is 24.6. The van der Waals surface area contributed by atoms with Gasteiger partial charge >= 0.3 is 0 Å². The minimum absolute atomic E-state index is 0.153. The Morgan fingerprint density at radius 3 is 3.00 bits per heavy atom. The number of Topliss-reactive ketones (excluding diaryl/α,β-unsaturated/α-hetero) is 1. The summed E-state index contributed by atoms with van der Waals surface area (Å²) in [6.07, 6.45) is 3.04. The van der Waals surface area contributed by atoms with Crippen molar-refractivity contribution in [3.05, 3.63) is 0 Å². The summed E-state index contributed by atoms with van der Waals surface area (Å²) in [5.41, 5.74) is 0. The van der Waals surface area contributed by atoms with Crippen molar-refractivity contribution in [1.29, 1.82) is 0 Å². The third-order valence-corrected chi connectivity index (χ3v) is 2.94. The summed E-state index contributed by atoms with van der Waals surface area (Å²) >= 11 is 0. The SMILES string of the molecule is COCCC(C)C(=O)C1CCCNC1. The first kappa shape index (κ1) is 11.7. The molecule has 0 amide bonds.